The van der Waals surface area contributed by atoms with E-state index in [4.69, 9.17) is 4.74 Å². The number of esters is 1. The first-order valence-corrected chi connectivity index (χ1v) is 26.2. The average Bonchev–Trinajstić information content (AvgIpc) is 3.30. The van der Waals surface area contributed by atoms with Crippen molar-refractivity contribution in [1.82, 2.24) is 28.9 Å². The zero-order chi connectivity index (χ0) is 45.1. The summed E-state index contributed by atoms with van der Waals surface area (Å²) in [6, 6.07) is 18.9. The fourth-order valence-electron chi connectivity index (χ4n) is 15.8. The van der Waals surface area contributed by atoms with Crippen LogP contribution in [0.1, 0.15) is 181 Å². The number of ether oxygens (including phenoxy) is 1. The van der Waals surface area contributed by atoms with E-state index in [0.717, 1.165) is 66.4 Å². The number of hydrogen-bond acceptors (Lipinski definition) is 10. The predicted octanol–water partition coefficient (Wildman–Crippen LogP) is 6.55. The monoisotopic (exact) mass is 939 g/mol. The summed E-state index contributed by atoms with van der Waals surface area (Å²) in [6.07, 6.45) is 28.1. The molecule has 6 heterocycles. The van der Waals surface area contributed by atoms with E-state index in [2.05, 4.69) is 19.8 Å². The summed E-state index contributed by atoms with van der Waals surface area (Å²) < 4.78 is 8.86. The van der Waals surface area contributed by atoms with Gasteiger partial charge in [-0.3, -0.25) is 19.4 Å². The average molecular weight is 939 g/mol. The van der Waals surface area contributed by atoms with Crippen LogP contribution in [-0.2, 0) is 4.74 Å². The number of carboxylic acids is 1. The number of nitrogens with zero attached hydrogens (tertiary/aromatic N) is 6. The summed E-state index contributed by atoms with van der Waals surface area (Å²) in [7, 11) is 0. The Morgan fingerprint density at radius 2 is 0.897 bits per heavy atom. The molecular formula is C54H71N6NaO7. The number of piperidine rings is 4. The second kappa shape index (κ2) is 21.1. The Hall–Kier alpha value is -3.46. The third kappa shape index (κ3) is 9.54. The van der Waals surface area contributed by atoms with Crippen LogP contribution in [0.2, 0.25) is 0 Å². The van der Waals surface area contributed by atoms with Crippen LogP contribution in [0.3, 0.4) is 0 Å². The largest absolute Gasteiger partial charge is 1.00 e. The first kappa shape index (κ1) is 49.5. The van der Waals surface area contributed by atoms with E-state index in [0.29, 0.717) is 41.2 Å². The molecule has 0 radical (unpaired) electrons. The van der Waals surface area contributed by atoms with Gasteiger partial charge in [0.2, 0.25) is 11.4 Å². The van der Waals surface area contributed by atoms with Crippen molar-refractivity contribution < 1.29 is 54.5 Å². The van der Waals surface area contributed by atoms with E-state index in [-0.39, 0.29) is 70.7 Å². The number of aromatic nitrogens is 4. The topological polar surface area (TPSA) is 170 Å². The molecule has 4 saturated heterocycles. The molecular weight excluding hydrogens is 868 g/mol. The molecule has 10 atom stereocenters. The Labute approximate surface area is 422 Å². The van der Waals surface area contributed by atoms with E-state index >= 15 is 0 Å². The molecule has 8 fully saturated rings. The van der Waals surface area contributed by atoms with Gasteiger partial charge >= 0.3 is 41.5 Å². The van der Waals surface area contributed by atoms with E-state index in [9.17, 15) is 24.3 Å². The molecule has 4 aliphatic carbocycles. The number of para-hydroxylation sites is 4. The third-order valence-corrected chi connectivity index (χ3v) is 18.1. The Bertz CT molecular complexity index is 2530. The van der Waals surface area contributed by atoms with Crippen molar-refractivity contribution >= 4 is 34.0 Å². The maximum absolute atomic E-state index is 13.6. The van der Waals surface area contributed by atoms with Gasteiger partial charge in [-0.25, -0.2) is 19.6 Å². The summed E-state index contributed by atoms with van der Waals surface area (Å²) in [5.74, 6) is 1.83. The molecule has 6 unspecified atom stereocenters. The van der Waals surface area contributed by atoms with Crippen LogP contribution in [-0.4, -0.2) is 94.3 Å². The molecule has 4 aliphatic heterocycles. The summed E-state index contributed by atoms with van der Waals surface area (Å²) in [4.78, 5) is 65.6. The van der Waals surface area contributed by atoms with Gasteiger partial charge < -0.3 is 24.5 Å². The number of aromatic carboxylic acids is 1. The molecule has 0 amide bonds. The molecule has 68 heavy (non-hydrogen) atoms. The molecule has 13 nitrogen and oxygen atoms in total. The van der Waals surface area contributed by atoms with Crippen molar-refractivity contribution in [2.24, 2.45) is 23.7 Å². The van der Waals surface area contributed by atoms with Gasteiger partial charge in [-0.1, -0.05) is 75.6 Å². The van der Waals surface area contributed by atoms with Gasteiger partial charge in [0.05, 0.1) is 28.7 Å². The number of carbonyl (C=O) groups excluding carboxylic acids is 1. The second-order valence-corrected chi connectivity index (χ2v) is 21.9. The minimum absolute atomic E-state index is 0. The van der Waals surface area contributed by atoms with Crippen LogP contribution < -0.4 is 40.7 Å². The number of benzene rings is 2. The minimum Gasteiger partial charge on any atom is -0.870 e. The molecule has 2 aromatic heterocycles. The van der Waals surface area contributed by atoms with Crippen LogP contribution in [0.5, 0.6) is 0 Å². The molecule has 14 heteroatoms. The number of fused-ring (bicyclic) bond motifs is 10. The standard InChI is InChI=1S/C28H37N3O3.C26H33N3O3.Na.H2O/c1-2-34-28(33)26-27(32)31(25-12-4-3-11-24(25)29-26)23-16-20-9-6-10-21(17-23)30(20)22-14-18-7-5-8-19(13-18)15-22;30-25-24(26(31)32)27-22-9-1-2-10-23(22)29(25)21-14-18-7-4-8-19(15-21)28(18)20-12-16-5-3-6-17(11-16)13-20;;/h3-4,11-12,18-23H,2,5-10,13-17H2,1H3;1-2,9-10,16-21H,3-8,11-15H2,(H,31,32);;1H2/q;;+1;/p-1/t18?,19?,20-,21+,22?,23?;16?,17?,18-,19+,20?,21?;;. The smallest absolute Gasteiger partial charge is 0.870 e. The second-order valence-electron chi connectivity index (χ2n) is 21.9. The summed E-state index contributed by atoms with van der Waals surface area (Å²) >= 11 is 0. The minimum atomic E-state index is -1.24. The van der Waals surface area contributed by atoms with Crippen molar-refractivity contribution in [3.05, 3.63) is 80.6 Å². The van der Waals surface area contributed by atoms with Crippen LogP contribution in [0.4, 0.5) is 0 Å². The normalized spacial score (nSPS) is 33.2. The fraction of sp³-hybridized carbons (Fsp3) is 0.667. The molecule has 8 bridgehead atoms. The Balaban J connectivity index is 0.000000165. The van der Waals surface area contributed by atoms with E-state index < -0.39 is 17.5 Å². The van der Waals surface area contributed by atoms with Gasteiger partial charge in [-0.15, -0.1) is 0 Å². The van der Waals surface area contributed by atoms with Gasteiger partial charge in [0, 0.05) is 48.3 Å². The Kier molecular flexibility index (Phi) is 15.4. The Morgan fingerprint density at radius 1 is 0.529 bits per heavy atom. The molecule has 12 rings (SSSR count). The van der Waals surface area contributed by atoms with Crippen molar-refractivity contribution in [2.45, 2.75) is 197 Å². The molecule has 360 valence electrons. The van der Waals surface area contributed by atoms with Crippen molar-refractivity contribution in [1.29, 1.82) is 0 Å². The zero-order valence-corrected chi connectivity index (χ0v) is 42.4. The summed E-state index contributed by atoms with van der Waals surface area (Å²) in [6.45, 7) is 1.99. The molecule has 8 aliphatic rings. The fourth-order valence-corrected chi connectivity index (χ4v) is 15.8. The summed E-state index contributed by atoms with van der Waals surface area (Å²) in [5.41, 5.74) is 1.73. The number of carbonyl (C=O) groups is 2. The van der Waals surface area contributed by atoms with Crippen molar-refractivity contribution in [2.75, 3.05) is 6.61 Å². The van der Waals surface area contributed by atoms with Crippen LogP contribution in [0, 0.1) is 23.7 Å². The summed E-state index contributed by atoms with van der Waals surface area (Å²) in [5, 5.41) is 9.62. The van der Waals surface area contributed by atoms with E-state index in [1.807, 2.05) is 53.1 Å². The first-order valence-electron chi connectivity index (χ1n) is 26.2. The molecule has 2 aromatic carbocycles. The third-order valence-electron chi connectivity index (χ3n) is 18.1. The first-order chi connectivity index (χ1) is 32.2. The van der Waals surface area contributed by atoms with Crippen LogP contribution >= 0.6 is 0 Å². The molecule has 0 spiro atoms. The van der Waals surface area contributed by atoms with Crippen LogP contribution in [0.25, 0.3) is 22.1 Å². The van der Waals surface area contributed by atoms with Gasteiger partial charge in [0.1, 0.15) is 0 Å². The number of rotatable bonds is 7. The zero-order valence-electron chi connectivity index (χ0n) is 40.4. The molecule has 4 aromatic rings. The van der Waals surface area contributed by atoms with Crippen molar-refractivity contribution in [3.8, 4) is 0 Å². The SMILES string of the molecule is CCOC(=O)c1nc2ccccc2n(C2C[C@H]3CCC[C@@H](C2)N3C2CC3CCCC(C3)C2)c1=O.O=C(O)c1nc2ccccc2n(C2C[C@H]3CCC[C@@H](C2)N3C2CC3CCCC(C3)C2)c1=O.[Na+].[OH-]. The predicted molar refractivity (Wildman–Crippen MR) is 257 cm³/mol. The maximum atomic E-state index is 13.6. The van der Waals surface area contributed by atoms with E-state index in [1.54, 1.807) is 11.5 Å². The van der Waals surface area contributed by atoms with Gasteiger partial charge in [0.15, 0.2) is 0 Å². The van der Waals surface area contributed by atoms with Gasteiger partial charge in [-0.05, 0) is 145 Å². The Morgan fingerprint density at radius 3 is 1.29 bits per heavy atom. The van der Waals surface area contributed by atoms with Crippen molar-refractivity contribution in [3.63, 3.8) is 0 Å². The molecule has 4 saturated carbocycles. The maximum Gasteiger partial charge on any atom is 1.00 e. The number of hydrogen-bond donors (Lipinski definition) is 1. The van der Waals surface area contributed by atoms with Gasteiger partial charge in [0.25, 0.3) is 11.1 Å². The van der Waals surface area contributed by atoms with E-state index in [1.165, 1.54) is 116 Å². The van der Waals surface area contributed by atoms with Crippen LogP contribution in [0.15, 0.2) is 58.1 Å². The molecule has 2 N–H and O–H groups in total. The quantitative estimate of drug-likeness (QED) is 0.158. The number of carboxylic acid groups (broad SMARTS) is 1. The van der Waals surface area contributed by atoms with Gasteiger partial charge in [-0.2, -0.15) is 0 Å².